The van der Waals surface area contributed by atoms with Gasteiger partial charge in [0.05, 0.1) is 5.00 Å². The molecule has 2 N–H and O–H groups in total. The first-order valence-corrected chi connectivity index (χ1v) is 14.4. The molecule has 4 aromatic heterocycles. The van der Waals surface area contributed by atoms with E-state index in [9.17, 15) is 0 Å². The second-order valence-corrected chi connectivity index (χ2v) is 13.8. The summed E-state index contributed by atoms with van der Waals surface area (Å²) in [5, 5.41) is 0.898. The first kappa shape index (κ1) is 19.5. The molecule has 7 rings (SSSR count). The Morgan fingerprint density at radius 2 is 1.50 bits per heavy atom. The fourth-order valence-corrected chi connectivity index (χ4v) is 10.4. The van der Waals surface area contributed by atoms with Crippen molar-refractivity contribution in [3.63, 3.8) is 0 Å². The summed E-state index contributed by atoms with van der Waals surface area (Å²) in [5.74, 6) is 1.16. The second-order valence-electron chi connectivity index (χ2n) is 9.25. The number of aryl methyl sites for hydroxylation is 1. The summed E-state index contributed by atoms with van der Waals surface area (Å²) in [4.78, 5) is 10.1. The smallest absolute Gasteiger partial charge is 0.0863 e. The third-order valence-electron chi connectivity index (χ3n) is 7.38. The molecule has 0 aliphatic heterocycles. The number of thiophene rings is 4. The van der Waals surface area contributed by atoms with Crippen molar-refractivity contribution in [2.75, 3.05) is 5.73 Å². The lowest BCUT2D eigenvalue weighted by Gasteiger charge is -2.31. The molecular weight excluding hydrogens is 467 g/mol. The molecule has 2 atom stereocenters. The molecule has 0 spiro atoms. The Balaban J connectivity index is 1.29. The highest BCUT2D eigenvalue weighted by Gasteiger charge is 2.43. The molecule has 0 fully saturated rings. The lowest BCUT2D eigenvalue weighted by molar-refractivity contribution is 0.580. The molecular formula is C27H23NS4. The summed E-state index contributed by atoms with van der Waals surface area (Å²) >= 11 is 7.64. The Labute approximate surface area is 204 Å². The maximum Gasteiger partial charge on any atom is 0.0863 e. The molecule has 3 aliphatic rings. The van der Waals surface area contributed by atoms with Crippen molar-refractivity contribution in [1.29, 1.82) is 0 Å². The van der Waals surface area contributed by atoms with Crippen LogP contribution >= 0.6 is 45.3 Å². The summed E-state index contributed by atoms with van der Waals surface area (Å²) < 4.78 is 0. The first-order chi connectivity index (χ1) is 15.5. The molecule has 1 nitrogen and oxygen atoms in total. The van der Waals surface area contributed by atoms with Crippen molar-refractivity contribution in [3.05, 3.63) is 78.9 Å². The van der Waals surface area contributed by atoms with Crippen LogP contribution in [-0.2, 0) is 12.8 Å². The molecule has 3 aliphatic carbocycles. The summed E-state index contributed by atoms with van der Waals surface area (Å²) in [7, 11) is 0. The van der Waals surface area contributed by atoms with E-state index < -0.39 is 0 Å². The molecule has 160 valence electrons. The molecule has 0 amide bonds. The van der Waals surface area contributed by atoms with Gasteiger partial charge >= 0.3 is 0 Å². The minimum atomic E-state index is 0.578. The van der Waals surface area contributed by atoms with Crippen LogP contribution in [-0.4, -0.2) is 0 Å². The normalized spacial score (nSPS) is 21.2. The minimum Gasteiger partial charge on any atom is -0.391 e. The Kier molecular flexibility index (Phi) is 4.15. The molecule has 0 aromatic carbocycles. The van der Waals surface area contributed by atoms with E-state index in [0.717, 1.165) is 17.8 Å². The SMILES string of the molecule is CC1=C2Cc3cc(-c4ccc(C)s4)sc3C2C(C)C2=C1c1sc(-c3ccc(N)s3)cc1C2. The molecule has 4 heterocycles. The van der Waals surface area contributed by atoms with Crippen molar-refractivity contribution < 1.29 is 0 Å². The number of hydrogen-bond donors (Lipinski definition) is 1. The highest BCUT2D eigenvalue weighted by atomic mass is 32.1. The van der Waals surface area contributed by atoms with Gasteiger partial charge in [0, 0.05) is 40.1 Å². The number of hydrogen-bond acceptors (Lipinski definition) is 5. The van der Waals surface area contributed by atoms with Crippen molar-refractivity contribution in [3.8, 4) is 19.5 Å². The number of fused-ring (bicyclic) bond motifs is 5. The van der Waals surface area contributed by atoms with Crippen LogP contribution in [0.3, 0.4) is 0 Å². The predicted molar refractivity (Wildman–Crippen MR) is 143 cm³/mol. The third kappa shape index (κ3) is 2.65. The molecule has 4 aromatic rings. The highest BCUT2D eigenvalue weighted by molar-refractivity contribution is 7.24. The van der Waals surface area contributed by atoms with Gasteiger partial charge in [-0.1, -0.05) is 18.1 Å². The summed E-state index contributed by atoms with van der Waals surface area (Å²) in [6, 6.07) is 13.6. The number of anilines is 1. The van der Waals surface area contributed by atoms with Crippen LogP contribution in [0.2, 0.25) is 0 Å². The van der Waals surface area contributed by atoms with Crippen molar-refractivity contribution >= 4 is 55.9 Å². The van der Waals surface area contributed by atoms with E-state index in [1.165, 1.54) is 34.8 Å². The molecule has 0 bridgehead atoms. The zero-order valence-electron chi connectivity index (χ0n) is 18.2. The van der Waals surface area contributed by atoms with E-state index in [1.54, 1.807) is 44.1 Å². The van der Waals surface area contributed by atoms with Gasteiger partial charge < -0.3 is 5.73 Å². The number of allylic oxidation sites excluding steroid dienone is 4. The Bertz CT molecular complexity index is 1480. The van der Waals surface area contributed by atoms with E-state index in [0.29, 0.717) is 11.8 Å². The van der Waals surface area contributed by atoms with Crippen LogP contribution < -0.4 is 5.73 Å². The predicted octanol–water partition coefficient (Wildman–Crippen LogP) is 8.77. The lowest BCUT2D eigenvalue weighted by Crippen LogP contribution is -2.17. The van der Waals surface area contributed by atoms with Gasteiger partial charge in [0.15, 0.2) is 0 Å². The van der Waals surface area contributed by atoms with Crippen molar-refractivity contribution in [2.45, 2.75) is 39.5 Å². The largest absolute Gasteiger partial charge is 0.391 e. The van der Waals surface area contributed by atoms with Crippen LogP contribution in [0.5, 0.6) is 0 Å². The zero-order chi connectivity index (χ0) is 21.7. The average molecular weight is 490 g/mol. The van der Waals surface area contributed by atoms with Gasteiger partial charge in [0.1, 0.15) is 0 Å². The van der Waals surface area contributed by atoms with Crippen LogP contribution in [0.25, 0.3) is 25.1 Å². The van der Waals surface area contributed by atoms with Crippen molar-refractivity contribution in [2.24, 2.45) is 5.92 Å². The molecule has 0 saturated carbocycles. The van der Waals surface area contributed by atoms with E-state index in [1.807, 2.05) is 40.1 Å². The van der Waals surface area contributed by atoms with E-state index in [4.69, 9.17) is 5.73 Å². The highest BCUT2D eigenvalue weighted by Crippen LogP contribution is 2.60. The fourth-order valence-electron chi connectivity index (χ4n) is 5.88. The quantitative estimate of drug-likeness (QED) is 0.299. The van der Waals surface area contributed by atoms with Gasteiger partial charge in [-0.05, 0) is 91.3 Å². The van der Waals surface area contributed by atoms with Crippen LogP contribution in [0.1, 0.15) is 45.5 Å². The number of nitrogens with two attached hydrogens (primary N) is 1. The Morgan fingerprint density at radius 3 is 2.25 bits per heavy atom. The minimum absolute atomic E-state index is 0.578. The topological polar surface area (TPSA) is 26.0 Å². The first-order valence-electron chi connectivity index (χ1n) is 11.1. The van der Waals surface area contributed by atoms with Gasteiger partial charge in [0.25, 0.3) is 0 Å². The average Bonchev–Trinajstić information content (AvgIpc) is 3.54. The van der Waals surface area contributed by atoms with Crippen LogP contribution in [0, 0.1) is 12.8 Å². The van der Waals surface area contributed by atoms with Gasteiger partial charge in [-0.25, -0.2) is 0 Å². The summed E-state index contributed by atoms with van der Waals surface area (Å²) in [6.07, 6.45) is 2.24. The van der Waals surface area contributed by atoms with Crippen LogP contribution in [0.4, 0.5) is 5.00 Å². The van der Waals surface area contributed by atoms with Gasteiger partial charge in [-0.2, -0.15) is 0 Å². The standard InChI is InChI=1S/C27H23NS4/c1-12-4-5-19(29-12)21-10-15-8-17-14(3)25-18(13(2)24(17)26(15)31-21)9-16-11-22(32-27(16)25)20-6-7-23(28)30-20/h4-7,10-11,13,24H,8-9,28H2,1-3H3. The van der Waals surface area contributed by atoms with E-state index in [-0.39, 0.29) is 0 Å². The second kappa shape index (κ2) is 6.80. The lowest BCUT2D eigenvalue weighted by atomic mass is 9.74. The molecule has 5 heteroatoms. The van der Waals surface area contributed by atoms with E-state index >= 15 is 0 Å². The Morgan fingerprint density at radius 1 is 0.781 bits per heavy atom. The van der Waals surface area contributed by atoms with Gasteiger partial charge in [-0.15, -0.1) is 45.3 Å². The zero-order valence-corrected chi connectivity index (χ0v) is 21.5. The summed E-state index contributed by atoms with van der Waals surface area (Å²) in [6.45, 7) is 7.07. The monoisotopic (exact) mass is 489 g/mol. The van der Waals surface area contributed by atoms with Gasteiger partial charge in [-0.3, -0.25) is 0 Å². The van der Waals surface area contributed by atoms with Crippen molar-refractivity contribution in [1.82, 2.24) is 0 Å². The Hall–Kier alpha value is -1.92. The molecule has 0 radical (unpaired) electrons. The third-order valence-corrected chi connectivity index (χ3v) is 12.1. The molecule has 2 unspecified atom stereocenters. The van der Waals surface area contributed by atoms with E-state index in [2.05, 4.69) is 51.1 Å². The number of nitrogen functional groups attached to an aromatic ring is 1. The van der Waals surface area contributed by atoms with Crippen LogP contribution in [0.15, 0.2) is 53.1 Å². The summed E-state index contributed by atoms with van der Waals surface area (Å²) in [5.41, 5.74) is 15.6. The maximum absolute atomic E-state index is 6.00. The fraction of sp³-hybridized carbons (Fsp3) is 0.259. The van der Waals surface area contributed by atoms with Gasteiger partial charge in [0.2, 0.25) is 0 Å². The molecule has 0 saturated heterocycles. The molecule has 32 heavy (non-hydrogen) atoms. The maximum atomic E-state index is 6.00. The number of rotatable bonds is 2.